The van der Waals surface area contributed by atoms with Crippen LogP contribution in [0.3, 0.4) is 0 Å². The smallest absolute Gasteiger partial charge is 0.178 e. The van der Waals surface area contributed by atoms with Gasteiger partial charge in [-0.1, -0.05) is 42.5 Å². The van der Waals surface area contributed by atoms with Gasteiger partial charge in [-0.05, 0) is 23.6 Å². The van der Waals surface area contributed by atoms with E-state index in [-0.39, 0.29) is 18.4 Å². The summed E-state index contributed by atoms with van der Waals surface area (Å²) in [6, 6.07) is 15.9. The van der Waals surface area contributed by atoms with Gasteiger partial charge in [0, 0.05) is 29.2 Å². The minimum Gasteiger partial charge on any atom is -0.394 e. The lowest BCUT2D eigenvalue weighted by atomic mass is 9.92. The highest BCUT2D eigenvalue weighted by atomic mass is 16.3. The predicted octanol–water partition coefficient (Wildman–Crippen LogP) is 2.94. The number of para-hydroxylation sites is 1. The molecule has 0 saturated carbocycles. The van der Waals surface area contributed by atoms with Gasteiger partial charge in [-0.3, -0.25) is 9.69 Å². The fourth-order valence-electron chi connectivity index (χ4n) is 3.68. The Kier molecular flexibility index (Phi) is 3.92. The maximum Gasteiger partial charge on any atom is 0.178 e. The number of aromatic amines is 1. The summed E-state index contributed by atoms with van der Waals surface area (Å²) in [7, 11) is 0. The van der Waals surface area contributed by atoms with Gasteiger partial charge >= 0.3 is 0 Å². The molecule has 4 nitrogen and oxygen atoms in total. The van der Waals surface area contributed by atoms with E-state index in [2.05, 4.69) is 22.0 Å². The van der Waals surface area contributed by atoms with Crippen molar-refractivity contribution in [2.24, 2.45) is 0 Å². The van der Waals surface area contributed by atoms with Crippen LogP contribution >= 0.6 is 0 Å². The molecule has 1 unspecified atom stereocenters. The highest BCUT2D eigenvalue weighted by Gasteiger charge is 2.28. The lowest BCUT2D eigenvalue weighted by molar-refractivity contribution is 0.0798. The van der Waals surface area contributed by atoms with Crippen LogP contribution in [0, 0.1) is 0 Å². The van der Waals surface area contributed by atoms with Gasteiger partial charge in [0.25, 0.3) is 0 Å². The monoisotopic (exact) mass is 320 g/mol. The Bertz CT molecular complexity index is 884. The summed E-state index contributed by atoms with van der Waals surface area (Å²) in [5, 5.41) is 10.8. The Morgan fingerprint density at radius 3 is 2.83 bits per heavy atom. The van der Waals surface area contributed by atoms with Crippen LogP contribution in [0.25, 0.3) is 10.9 Å². The van der Waals surface area contributed by atoms with Crippen molar-refractivity contribution in [1.29, 1.82) is 0 Å². The minimum absolute atomic E-state index is 0.0260. The van der Waals surface area contributed by atoms with E-state index in [1.54, 1.807) is 6.20 Å². The molecule has 2 aromatic carbocycles. The summed E-state index contributed by atoms with van der Waals surface area (Å²) in [4.78, 5) is 18.1. The number of aliphatic hydroxyl groups excluding tert-OH is 1. The van der Waals surface area contributed by atoms with Crippen LogP contribution in [-0.2, 0) is 6.42 Å². The van der Waals surface area contributed by atoms with E-state index in [4.69, 9.17) is 0 Å². The Morgan fingerprint density at radius 2 is 1.96 bits per heavy atom. The molecule has 2 heterocycles. The quantitative estimate of drug-likeness (QED) is 0.727. The number of nitrogens with one attached hydrogen (secondary N) is 1. The number of carbonyl (C=O) groups excluding carboxylic acids is 1. The average molecular weight is 320 g/mol. The summed E-state index contributed by atoms with van der Waals surface area (Å²) in [6.07, 6.45) is 2.70. The van der Waals surface area contributed by atoms with E-state index >= 15 is 0 Å². The molecule has 1 aliphatic rings. The van der Waals surface area contributed by atoms with Gasteiger partial charge in [0.1, 0.15) is 0 Å². The number of aliphatic hydroxyl groups is 1. The number of Topliss-reactive ketones (excluding diaryl/α,β-unsaturated/α-hetero) is 1. The van der Waals surface area contributed by atoms with Crippen molar-refractivity contribution in [2.45, 2.75) is 12.5 Å². The van der Waals surface area contributed by atoms with Gasteiger partial charge in [0.05, 0.1) is 19.2 Å². The molecule has 0 aliphatic carbocycles. The number of benzene rings is 2. The highest BCUT2D eigenvalue weighted by molar-refractivity contribution is 6.08. The first-order chi connectivity index (χ1) is 11.8. The number of carbonyl (C=O) groups is 1. The molecule has 4 rings (SSSR count). The van der Waals surface area contributed by atoms with Crippen LogP contribution in [0.5, 0.6) is 0 Å². The van der Waals surface area contributed by atoms with Crippen molar-refractivity contribution in [3.05, 3.63) is 71.4 Å². The van der Waals surface area contributed by atoms with Gasteiger partial charge in [-0.25, -0.2) is 0 Å². The van der Waals surface area contributed by atoms with Crippen LogP contribution in [0.15, 0.2) is 54.7 Å². The van der Waals surface area contributed by atoms with Crippen molar-refractivity contribution < 1.29 is 9.90 Å². The number of nitrogens with zero attached hydrogens (tertiary/aromatic N) is 1. The fourth-order valence-corrected chi connectivity index (χ4v) is 3.68. The first kappa shape index (κ1) is 15.1. The van der Waals surface area contributed by atoms with E-state index in [9.17, 15) is 9.90 Å². The summed E-state index contributed by atoms with van der Waals surface area (Å²) < 4.78 is 0. The molecule has 0 radical (unpaired) electrons. The van der Waals surface area contributed by atoms with Gasteiger partial charge < -0.3 is 10.1 Å². The summed E-state index contributed by atoms with van der Waals surface area (Å²) >= 11 is 0. The molecule has 0 spiro atoms. The maximum absolute atomic E-state index is 12.8. The number of hydrogen-bond acceptors (Lipinski definition) is 3. The largest absolute Gasteiger partial charge is 0.394 e. The third kappa shape index (κ3) is 2.54. The molecule has 2 N–H and O–H groups in total. The lowest BCUT2D eigenvalue weighted by Gasteiger charge is -2.35. The molecule has 122 valence electrons. The molecule has 0 saturated heterocycles. The molecule has 0 amide bonds. The molecule has 3 aromatic rings. The highest BCUT2D eigenvalue weighted by Crippen LogP contribution is 2.29. The second-order valence-electron chi connectivity index (χ2n) is 6.29. The molecule has 0 fully saturated rings. The third-order valence-electron chi connectivity index (χ3n) is 4.93. The summed E-state index contributed by atoms with van der Waals surface area (Å²) in [5.41, 5.74) is 4.11. The summed E-state index contributed by atoms with van der Waals surface area (Å²) in [5.74, 6) is 0.0882. The van der Waals surface area contributed by atoms with Crippen LogP contribution in [0.1, 0.15) is 27.5 Å². The van der Waals surface area contributed by atoms with Crippen LogP contribution in [-0.4, -0.2) is 40.5 Å². The fraction of sp³-hybridized carbons (Fsp3) is 0.250. The van der Waals surface area contributed by atoms with Gasteiger partial charge in [-0.2, -0.15) is 0 Å². The molecule has 4 heteroatoms. The first-order valence-electron chi connectivity index (χ1n) is 8.30. The van der Waals surface area contributed by atoms with Crippen molar-refractivity contribution in [3.8, 4) is 0 Å². The second-order valence-corrected chi connectivity index (χ2v) is 6.29. The summed E-state index contributed by atoms with van der Waals surface area (Å²) in [6.45, 7) is 1.13. The Balaban J connectivity index is 1.60. The number of aromatic nitrogens is 1. The minimum atomic E-state index is -0.107. The van der Waals surface area contributed by atoms with Gasteiger partial charge in [-0.15, -0.1) is 0 Å². The first-order valence-corrected chi connectivity index (χ1v) is 8.30. The maximum atomic E-state index is 12.8. The van der Waals surface area contributed by atoms with E-state index in [1.807, 2.05) is 36.4 Å². The number of rotatable bonds is 4. The number of hydrogen-bond donors (Lipinski definition) is 2. The van der Waals surface area contributed by atoms with Crippen LogP contribution in [0.4, 0.5) is 0 Å². The number of fused-ring (bicyclic) bond motifs is 2. The molecular weight excluding hydrogens is 300 g/mol. The normalized spacial score (nSPS) is 17.8. The zero-order valence-corrected chi connectivity index (χ0v) is 13.4. The van der Waals surface area contributed by atoms with Crippen molar-refractivity contribution >= 4 is 16.7 Å². The number of H-pyrrole nitrogens is 1. The molecule has 1 aliphatic heterocycles. The topological polar surface area (TPSA) is 56.3 Å². The zero-order valence-electron chi connectivity index (χ0n) is 13.4. The van der Waals surface area contributed by atoms with Gasteiger partial charge in [0.15, 0.2) is 5.78 Å². The van der Waals surface area contributed by atoms with Crippen molar-refractivity contribution in [2.75, 3.05) is 19.7 Å². The van der Waals surface area contributed by atoms with Crippen LogP contribution in [0.2, 0.25) is 0 Å². The average Bonchev–Trinajstić information content (AvgIpc) is 3.05. The molecule has 24 heavy (non-hydrogen) atoms. The molecular formula is C20H20N2O2. The van der Waals surface area contributed by atoms with Gasteiger partial charge in [0.2, 0.25) is 0 Å². The lowest BCUT2D eigenvalue weighted by Crippen LogP contribution is -2.40. The van der Waals surface area contributed by atoms with Crippen molar-refractivity contribution in [1.82, 2.24) is 9.88 Å². The Hall–Kier alpha value is -2.43. The SMILES string of the molecule is O=C(CN1CCc2ccccc2C1CO)c1c[nH]c2ccccc12. The molecule has 0 bridgehead atoms. The van der Waals surface area contributed by atoms with Crippen LogP contribution < -0.4 is 0 Å². The molecule has 1 aromatic heterocycles. The Labute approximate surface area is 140 Å². The third-order valence-corrected chi connectivity index (χ3v) is 4.93. The predicted molar refractivity (Wildman–Crippen MR) is 94.2 cm³/mol. The van der Waals surface area contributed by atoms with Crippen molar-refractivity contribution in [3.63, 3.8) is 0 Å². The zero-order chi connectivity index (χ0) is 16.5. The van der Waals surface area contributed by atoms with E-state index in [0.29, 0.717) is 6.54 Å². The standard InChI is InChI=1S/C20H20N2O2/c23-13-19-15-6-2-1-5-14(15)9-10-22(19)12-20(24)17-11-21-18-8-4-3-7-16(17)18/h1-8,11,19,21,23H,9-10,12-13H2. The Morgan fingerprint density at radius 1 is 1.17 bits per heavy atom. The second kappa shape index (κ2) is 6.23. The number of ketones is 1. The van der Waals surface area contributed by atoms with E-state index in [1.165, 1.54) is 5.56 Å². The van der Waals surface area contributed by atoms with E-state index < -0.39 is 0 Å². The van der Waals surface area contributed by atoms with E-state index in [0.717, 1.165) is 35.0 Å². The molecule has 1 atom stereocenters.